The quantitative estimate of drug-likeness (QED) is 0.255. The van der Waals surface area contributed by atoms with Gasteiger partial charge in [0.15, 0.2) is 0 Å². The molecule has 5 rings (SSSR count). The minimum absolute atomic E-state index is 0.0193. The summed E-state index contributed by atoms with van der Waals surface area (Å²) >= 11 is 4.97. The van der Waals surface area contributed by atoms with E-state index in [2.05, 4.69) is 15.2 Å². The van der Waals surface area contributed by atoms with Gasteiger partial charge in [-0.1, -0.05) is 18.2 Å². The fourth-order valence-electron chi connectivity index (χ4n) is 3.24. The number of rotatable bonds is 3. The average molecular weight is 389 g/mol. The van der Waals surface area contributed by atoms with Gasteiger partial charge in [0, 0.05) is 34.0 Å². The van der Waals surface area contributed by atoms with Crippen LogP contribution >= 0.6 is 12.2 Å². The van der Waals surface area contributed by atoms with Gasteiger partial charge in [-0.25, -0.2) is 10.1 Å². The van der Waals surface area contributed by atoms with Crippen LogP contribution in [0.3, 0.4) is 0 Å². The molecule has 0 atom stereocenters. The second kappa shape index (κ2) is 6.10. The number of aromatic nitrogens is 4. The van der Waals surface area contributed by atoms with E-state index in [1.807, 2.05) is 30.3 Å². The number of fused-ring (bicyclic) bond motifs is 3. The number of nitrogens with zero attached hydrogens (tertiary/aromatic N) is 3. The van der Waals surface area contributed by atoms with E-state index in [9.17, 15) is 10.1 Å². The molecule has 3 aromatic heterocycles. The number of non-ortho nitro benzene ring substituents is 1. The third-order valence-corrected chi connectivity index (χ3v) is 4.68. The molecule has 0 radical (unpaired) electrons. The third kappa shape index (κ3) is 2.57. The highest BCUT2D eigenvalue weighted by Crippen LogP contribution is 2.35. The summed E-state index contributed by atoms with van der Waals surface area (Å²) in [7, 11) is 0. The lowest BCUT2D eigenvalue weighted by molar-refractivity contribution is -0.384. The second-order valence-electron chi connectivity index (χ2n) is 6.17. The van der Waals surface area contributed by atoms with E-state index in [0.29, 0.717) is 11.4 Å². The van der Waals surface area contributed by atoms with E-state index in [1.54, 1.807) is 12.1 Å². The molecule has 5 aromatic rings. The van der Waals surface area contributed by atoms with Crippen molar-refractivity contribution in [3.63, 3.8) is 0 Å². The summed E-state index contributed by atoms with van der Waals surface area (Å²) < 4.78 is 5.43. The van der Waals surface area contributed by atoms with Crippen LogP contribution in [0.2, 0.25) is 0 Å². The summed E-state index contributed by atoms with van der Waals surface area (Å²) in [5.74, 6) is 0.278. The lowest BCUT2D eigenvalue weighted by atomic mass is 10.1. The van der Waals surface area contributed by atoms with E-state index in [-0.39, 0.29) is 16.4 Å². The van der Waals surface area contributed by atoms with E-state index < -0.39 is 4.92 Å². The molecule has 0 fully saturated rings. The van der Waals surface area contributed by atoms with Gasteiger partial charge >= 0.3 is 0 Å². The van der Waals surface area contributed by atoms with Crippen molar-refractivity contribution in [2.24, 2.45) is 0 Å². The van der Waals surface area contributed by atoms with Crippen LogP contribution in [0.1, 0.15) is 0 Å². The number of pyridine rings is 1. The molecule has 0 spiro atoms. The molecule has 0 unspecified atom stereocenters. The zero-order chi connectivity index (χ0) is 19.3. The molecule has 0 aliphatic carbocycles. The third-order valence-electron chi connectivity index (χ3n) is 4.51. The Kier molecular flexibility index (Phi) is 3.56. The molecule has 136 valence electrons. The summed E-state index contributed by atoms with van der Waals surface area (Å²) in [6.07, 6.45) is 0. The van der Waals surface area contributed by atoms with Crippen LogP contribution in [-0.2, 0) is 0 Å². The van der Waals surface area contributed by atoms with Crippen LogP contribution in [0.4, 0.5) is 5.69 Å². The summed E-state index contributed by atoms with van der Waals surface area (Å²) in [5.41, 5.74) is 3.69. The van der Waals surface area contributed by atoms with Crippen molar-refractivity contribution in [2.45, 2.75) is 0 Å². The number of nitro groups is 1. The maximum absolute atomic E-state index is 11.0. The normalized spacial score (nSPS) is 11.3. The van der Waals surface area contributed by atoms with Crippen molar-refractivity contribution in [2.75, 3.05) is 0 Å². The number of nitro benzene ring substituents is 1. The monoisotopic (exact) mass is 389 g/mol. The molecule has 0 aliphatic heterocycles. The van der Waals surface area contributed by atoms with Gasteiger partial charge in [-0.15, -0.1) is 5.10 Å². The van der Waals surface area contributed by atoms with E-state index >= 15 is 0 Å². The largest absolute Gasteiger partial charge is 0.408 e. The van der Waals surface area contributed by atoms with Crippen molar-refractivity contribution >= 4 is 39.7 Å². The lowest BCUT2D eigenvalue weighted by Crippen LogP contribution is -1.92. The Hall–Kier alpha value is -3.85. The van der Waals surface area contributed by atoms with Gasteiger partial charge in [-0.2, -0.15) is 0 Å². The Morgan fingerprint density at radius 3 is 2.57 bits per heavy atom. The first-order chi connectivity index (χ1) is 13.6. The van der Waals surface area contributed by atoms with Crippen LogP contribution in [0, 0.1) is 15.0 Å². The number of benzene rings is 2. The number of para-hydroxylation sites is 1. The second-order valence-corrected chi connectivity index (χ2v) is 6.54. The average Bonchev–Trinajstić information content (AvgIpc) is 3.31. The van der Waals surface area contributed by atoms with Crippen LogP contribution < -0.4 is 0 Å². The van der Waals surface area contributed by atoms with Crippen LogP contribution in [0.25, 0.3) is 44.6 Å². The van der Waals surface area contributed by atoms with E-state index in [4.69, 9.17) is 21.6 Å². The van der Waals surface area contributed by atoms with Crippen molar-refractivity contribution in [1.82, 2.24) is 20.2 Å². The Morgan fingerprint density at radius 1 is 1.07 bits per heavy atom. The molecule has 0 bridgehead atoms. The molecule has 9 heteroatoms. The fraction of sp³-hybridized carbons (Fsp3) is 0. The van der Waals surface area contributed by atoms with Crippen molar-refractivity contribution in [3.05, 3.63) is 69.5 Å². The summed E-state index contributed by atoms with van der Waals surface area (Å²) in [6.45, 7) is 0. The van der Waals surface area contributed by atoms with E-state index in [0.717, 1.165) is 27.4 Å². The standard InChI is InChI=1S/C19H11N5O3S/c25-24(26)11-7-5-10(6-8-11)16-17-13(12-3-1-2-4-14(12)20-17)9-15(21-16)18-22-23-19(28)27-18/h1-9,20H,(H,23,28). The van der Waals surface area contributed by atoms with Gasteiger partial charge in [-0.05, 0) is 36.5 Å². The van der Waals surface area contributed by atoms with Crippen molar-refractivity contribution in [3.8, 4) is 22.8 Å². The number of hydrogen-bond acceptors (Lipinski definition) is 6. The fourth-order valence-corrected chi connectivity index (χ4v) is 3.37. The molecule has 8 nitrogen and oxygen atoms in total. The molecular formula is C19H11N5O3S. The van der Waals surface area contributed by atoms with Crippen LogP contribution in [-0.4, -0.2) is 25.1 Å². The molecule has 2 N–H and O–H groups in total. The predicted octanol–water partition coefficient (Wildman–Crippen LogP) is 5.00. The van der Waals surface area contributed by atoms with Gasteiger partial charge in [0.2, 0.25) is 0 Å². The summed E-state index contributed by atoms with van der Waals surface area (Å²) in [4.78, 5) is 18.8. The Bertz CT molecular complexity index is 1420. The molecule has 0 aliphatic rings. The van der Waals surface area contributed by atoms with Gasteiger partial charge < -0.3 is 9.40 Å². The van der Waals surface area contributed by atoms with Crippen LogP contribution in [0.15, 0.2) is 59.0 Å². The SMILES string of the molecule is O=[N+]([O-])c1ccc(-c2nc(-c3n[nH]c(=S)o3)cc3c2[nH]c2ccccc23)cc1. The molecule has 0 saturated heterocycles. The minimum atomic E-state index is -0.431. The van der Waals surface area contributed by atoms with Gasteiger partial charge in [0.05, 0.1) is 16.1 Å². The molecule has 2 aromatic carbocycles. The minimum Gasteiger partial charge on any atom is -0.408 e. The number of aromatic amines is 2. The smallest absolute Gasteiger partial charge is 0.284 e. The Morgan fingerprint density at radius 2 is 1.86 bits per heavy atom. The highest BCUT2D eigenvalue weighted by atomic mass is 32.1. The first-order valence-electron chi connectivity index (χ1n) is 8.32. The number of nitrogens with one attached hydrogen (secondary N) is 2. The van der Waals surface area contributed by atoms with Gasteiger partial charge in [-0.3, -0.25) is 10.1 Å². The summed E-state index contributed by atoms with van der Waals surface area (Å²) in [5, 5.41) is 19.6. The molecule has 0 amide bonds. The highest BCUT2D eigenvalue weighted by molar-refractivity contribution is 7.71. The number of H-pyrrole nitrogens is 2. The Balaban J connectivity index is 1.83. The first-order valence-corrected chi connectivity index (χ1v) is 8.73. The van der Waals surface area contributed by atoms with Crippen molar-refractivity contribution in [1.29, 1.82) is 0 Å². The first kappa shape index (κ1) is 16.3. The van der Waals surface area contributed by atoms with Crippen LogP contribution in [0.5, 0.6) is 0 Å². The molecule has 3 heterocycles. The van der Waals surface area contributed by atoms with E-state index in [1.165, 1.54) is 12.1 Å². The zero-order valence-corrected chi connectivity index (χ0v) is 15.0. The summed E-state index contributed by atoms with van der Waals surface area (Å²) in [6, 6.07) is 16.1. The topological polar surface area (TPSA) is 114 Å². The highest BCUT2D eigenvalue weighted by Gasteiger charge is 2.17. The molecular weight excluding hydrogens is 378 g/mol. The maximum atomic E-state index is 11.0. The van der Waals surface area contributed by atoms with Gasteiger partial charge in [0.1, 0.15) is 5.69 Å². The molecule has 28 heavy (non-hydrogen) atoms. The molecule has 0 saturated carbocycles. The maximum Gasteiger partial charge on any atom is 0.284 e. The van der Waals surface area contributed by atoms with Gasteiger partial charge in [0.25, 0.3) is 16.4 Å². The Labute approximate surface area is 162 Å². The lowest BCUT2D eigenvalue weighted by Gasteiger charge is -2.05. The van der Waals surface area contributed by atoms with Crippen molar-refractivity contribution < 1.29 is 9.34 Å². The number of hydrogen-bond donors (Lipinski definition) is 2. The predicted molar refractivity (Wildman–Crippen MR) is 106 cm³/mol. The zero-order valence-electron chi connectivity index (χ0n) is 14.2.